The number of nitrogens with one attached hydrogen (secondary N) is 1. The van der Waals surface area contributed by atoms with Gasteiger partial charge in [-0.15, -0.1) is 0 Å². The van der Waals surface area contributed by atoms with Crippen LogP contribution in [0.5, 0.6) is 17.2 Å². The molecule has 3 rings (SSSR count). The molecule has 0 aliphatic carbocycles. The number of benzene rings is 2. The zero-order chi connectivity index (χ0) is 17.1. The quantitative estimate of drug-likeness (QED) is 0.681. The van der Waals surface area contributed by atoms with Crippen molar-refractivity contribution in [3.05, 3.63) is 60.2 Å². The number of anilines is 1. The molecule has 0 spiro atoms. The lowest BCUT2D eigenvalue weighted by molar-refractivity contribution is 0.102. The van der Waals surface area contributed by atoms with Crippen molar-refractivity contribution in [2.45, 2.75) is 0 Å². The van der Waals surface area contributed by atoms with E-state index in [2.05, 4.69) is 5.32 Å². The average Bonchev–Trinajstić information content (AvgIpc) is 2.91. The molecule has 0 radical (unpaired) electrons. The van der Waals surface area contributed by atoms with Gasteiger partial charge in [0.05, 0.1) is 7.11 Å². The normalized spacial score (nSPS) is 10.4. The molecule has 6 nitrogen and oxygen atoms in total. The van der Waals surface area contributed by atoms with E-state index in [1.54, 1.807) is 61.7 Å². The molecule has 24 heavy (non-hydrogen) atoms. The molecule has 0 unspecified atom stereocenters. The van der Waals surface area contributed by atoms with Gasteiger partial charge in [-0.3, -0.25) is 10.1 Å². The van der Waals surface area contributed by atoms with Gasteiger partial charge in [0.15, 0.2) is 5.76 Å². The van der Waals surface area contributed by atoms with Crippen molar-refractivity contribution in [2.75, 3.05) is 12.4 Å². The number of hydrogen-bond donors (Lipinski definition) is 3. The molecule has 1 aromatic heterocycles. The van der Waals surface area contributed by atoms with Crippen LogP contribution >= 0.6 is 0 Å². The Morgan fingerprint density at radius 3 is 2.29 bits per heavy atom. The summed E-state index contributed by atoms with van der Waals surface area (Å²) in [6.45, 7) is 0. The average molecular weight is 325 g/mol. The van der Waals surface area contributed by atoms with Crippen LogP contribution in [0.1, 0.15) is 10.4 Å². The molecule has 0 atom stereocenters. The van der Waals surface area contributed by atoms with Crippen molar-refractivity contribution < 1.29 is 24.2 Å². The van der Waals surface area contributed by atoms with E-state index >= 15 is 0 Å². The SMILES string of the molecule is COc1ccc(-c2oc(NC(=O)c3ccccc3)c(O)c2O)cc1. The van der Waals surface area contributed by atoms with E-state index in [9.17, 15) is 15.0 Å². The monoisotopic (exact) mass is 325 g/mol. The molecule has 3 aromatic rings. The summed E-state index contributed by atoms with van der Waals surface area (Å²) in [4.78, 5) is 12.1. The molecule has 2 aromatic carbocycles. The number of ether oxygens (including phenoxy) is 1. The van der Waals surface area contributed by atoms with E-state index in [0.29, 0.717) is 16.9 Å². The second kappa shape index (κ2) is 6.37. The van der Waals surface area contributed by atoms with Gasteiger partial charge in [-0.25, -0.2) is 0 Å². The van der Waals surface area contributed by atoms with Crippen LogP contribution in [0.2, 0.25) is 0 Å². The third kappa shape index (κ3) is 2.89. The maximum absolute atomic E-state index is 12.1. The van der Waals surface area contributed by atoms with Crippen molar-refractivity contribution in [2.24, 2.45) is 0 Å². The smallest absolute Gasteiger partial charge is 0.258 e. The highest BCUT2D eigenvalue weighted by molar-refractivity contribution is 6.04. The van der Waals surface area contributed by atoms with E-state index in [1.807, 2.05) is 0 Å². The van der Waals surface area contributed by atoms with Gasteiger partial charge in [-0.2, -0.15) is 0 Å². The summed E-state index contributed by atoms with van der Waals surface area (Å²) in [5.41, 5.74) is 0.933. The number of amides is 1. The van der Waals surface area contributed by atoms with Crippen molar-refractivity contribution in [3.8, 4) is 28.6 Å². The predicted molar refractivity (Wildman–Crippen MR) is 88.4 cm³/mol. The van der Waals surface area contributed by atoms with E-state index in [-0.39, 0.29) is 11.6 Å². The Morgan fingerprint density at radius 1 is 1.00 bits per heavy atom. The number of rotatable bonds is 4. The van der Waals surface area contributed by atoms with Gasteiger partial charge in [0.2, 0.25) is 17.4 Å². The summed E-state index contributed by atoms with van der Waals surface area (Å²) in [6.07, 6.45) is 0. The summed E-state index contributed by atoms with van der Waals surface area (Å²) < 4.78 is 10.5. The Kier molecular flexibility index (Phi) is 4.11. The van der Waals surface area contributed by atoms with Crippen LogP contribution in [0.4, 0.5) is 5.88 Å². The van der Waals surface area contributed by atoms with Crippen LogP contribution in [0, 0.1) is 0 Å². The number of carbonyl (C=O) groups is 1. The van der Waals surface area contributed by atoms with Gasteiger partial charge in [0.1, 0.15) is 5.75 Å². The van der Waals surface area contributed by atoms with Crippen molar-refractivity contribution in [1.29, 1.82) is 0 Å². The third-order valence-corrected chi connectivity index (χ3v) is 3.47. The molecule has 0 saturated carbocycles. The summed E-state index contributed by atoms with van der Waals surface area (Å²) in [7, 11) is 1.54. The molecule has 1 amide bonds. The van der Waals surface area contributed by atoms with Crippen molar-refractivity contribution >= 4 is 11.8 Å². The Bertz CT molecular complexity index is 853. The van der Waals surface area contributed by atoms with E-state index in [0.717, 1.165) is 0 Å². The minimum Gasteiger partial charge on any atom is -0.502 e. The number of carbonyl (C=O) groups excluding carboxylic acids is 1. The minimum atomic E-state index is -0.523. The molecule has 0 aliphatic rings. The van der Waals surface area contributed by atoms with E-state index in [1.165, 1.54) is 0 Å². The van der Waals surface area contributed by atoms with Gasteiger partial charge in [-0.1, -0.05) is 18.2 Å². The molecule has 3 N–H and O–H groups in total. The first-order valence-corrected chi connectivity index (χ1v) is 7.15. The van der Waals surface area contributed by atoms with Gasteiger partial charge in [0, 0.05) is 11.1 Å². The fraction of sp³-hybridized carbons (Fsp3) is 0.0556. The molecule has 6 heteroatoms. The maximum Gasteiger partial charge on any atom is 0.258 e. The zero-order valence-electron chi connectivity index (χ0n) is 12.8. The third-order valence-electron chi connectivity index (χ3n) is 3.47. The molecule has 0 bridgehead atoms. The molecular formula is C18H15NO5. The molecule has 1 heterocycles. The summed E-state index contributed by atoms with van der Waals surface area (Å²) in [5, 5.41) is 22.5. The minimum absolute atomic E-state index is 0.0542. The standard InChI is InChI=1S/C18H15NO5/c1-23-13-9-7-11(8-10-13)16-14(20)15(21)18(24-16)19-17(22)12-5-3-2-4-6-12/h2-10,20-21H,1H3,(H,19,22). The lowest BCUT2D eigenvalue weighted by atomic mass is 10.1. The fourth-order valence-electron chi connectivity index (χ4n) is 2.20. The van der Waals surface area contributed by atoms with E-state index < -0.39 is 17.4 Å². The second-order valence-electron chi connectivity index (χ2n) is 5.01. The Morgan fingerprint density at radius 2 is 1.67 bits per heavy atom. The zero-order valence-corrected chi connectivity index (χ0v) is 12.8. The molecule has 0 fully saturated rings. The number of aromatic hydroxyl groups is 2. The summed E-state index contributed by atoms with van der Waals surface area (Å²) in [6, 6.07) is 15.2. The largest absolute Gasteiger partial charge is 0.502 e. The highest BCUT2D eigenvalue weighted by Gasteiger charge is 2.22. The molecule has 122 valence electrons. The number of methoxy groups -OCH3 is 1. The highest BCUT2D eigenvalue weighted by Crippen LogP contribution is 2.45. The highest BCUT2D eigenvalue weighted by atomic mass is 16.5. The second-order valence-corrected chi connectivity index (χ2v) is 5.01. The first-order valence-electron chi connectivity index (χ1n) is 7.15. The predicted octanol–water partition coefficient (Wildman–Crippen LogP) is 3.62. The topological polar surface area (TPSA) is 91.9 Å². The summed E-state index contributed by atoms with van der Waals surface area (Å²) >= 11 is 0. The van der Waals surface area contributed by atoms with Gasteiger partial charge in [-0.05, 0) is 36.4 Å². The summed E-state index contributed by atoms with van der Waals surface area (Å²) in [5.74, 6) is -0.938. The molecular weight excluding hydrogens is 310 g/mol. The number of hydrogen-bond acceptors (Lipinski definition) is 5. The van der Waals surface area contributed by atoms with Crippen LogP contribution in [-0.4, -0.2) is 23.2 Å². The van der Waals surface area contributed by atoms with Crippen molar-refractivity contribution in [3.63, 3.8) is 0 Å². The lowest BCUT2D eigenvalue weighted by Crippen LogP contribution is -2.10. The number of furan rings is 1. The van der Waals surface area contributed by atoms with Gasteiger partial charge < -0.3 is 19.4 Å². The van der Waals surface area contributed by atoms with Crippen LogP contribution in [0.3, 0.4) is 0 Å². The molecule has 0 saturated heterocycles. The van der Waals surface area contributed by atoms with Gasteiger partial charge >= 0.3 is 0 Å². The van der Waals surface area contributed by atoms with Crippen LogP contribution in [0.25, 0.3) is 11.3 Å². The molecule has 0 aliphatic heterocycles. The Hall–Kier alpha value is -3.41. The van der Waals surface area contributed by atoms with Crippen LogP contribution in [0.15, 0.2) is 59.0 Å². The first-order chi connectivity index (χ1) is 11.6. The van der Waals surface area contributed by atoms with Gasteiger partial charge in [0.25, 0.3) is 5.91 Å². The first kappa shape index (κ1) is 15.5. The fourth-order valence-corrected chi connectivity index (χ4v) is 2.20. The maximum atomic E-state index is 12.1. The lowest BCUT2D eigenvalue weighted by Gasteiger charge is -2.02. The van der Waals surface area contributed by atoms with Crippen LogP contribution in [-0.2, 0) is 0 Å². The van der Waals surface area contributed by atoms with Crippen LogP contribution < -0.4 is 10.1 Å². The van der Waals surface area contributed by atoms with Crippen molar-refractivity contribution in [1.82, 2.24) is 0 Å². The Balaban J connectivity index is 1.89. The Labute approximate surface area is 137 Å². The van der Waals surface area contributed by atoms with E-state index in [4.69, 9.17) is 9.15 Å².